The Balaban J connectivity index is 2.99. The lowest BCUT2D eigenvalue weighted by atomic mass is 10.0. The number of aliphatic carboxylic acids is 1. The van der Waals surface area contributed by atoms with Crippen LogP contribution in [-0.4, -0.2) is 16.1 Å². The molecule has 3 nitrogen and oxygen atoms in total. The van der Waals surface area contributed by atoms with E-state index in [1.807, 2.05) is 0 Å². The summed E-state index contributed by atoms with van der Waals surface area (Å²) < 4.78 is 24.4. The SMILES string of the molecule is CC(C(=O)O)c1ccnc(C(F)F)c1. The van der Waals surface area contributed by atoms with Gasteiger partial charge in [0, 0.05) is 6.20 Å². The van der Waals surface area contributed by atoms with Gasteiger partial charge in [0.1, 0.15) is 5.69 Å². The fourth-order valence-electron chi connectivity index (χ4n) is 0.997. The van der Waals surface area contributed by atoms with Crippen LogP contribution in [0.4, 0.5) is 8.78 Å². The average molecular weight is 201 g/mol. The summed E-state index contributed by atoms with van der Waals surface area (Å²) in [5.74, 6) is -1.84. The molecule has 0 aliphatic heterocycles. The van der Waals surface area contributed by atoms with E-state index >= 15 is 0 Å². The van der Waals surface area contributed by atoms with E-state index in [4.69, 9.17) is 5.11 Å². The van der Waals surface area contributed by atoms with Crippen molar-refractivity contribution in [2.75, 3.05) is 0 Å². The zero-order valence-electron chi connectivity index (χ0n) is 7.45. The summed E-state index contributed by atoms with van der Waals surface area (Å²) in [5, 5.41) is 8.66. The van der Waals surface area contributed by atoms with Crippen molar-refractivity contribution in [2.24, 2.45) is 0 Å². The van der Waals surface area contributed by atoms with Crippen LogP contribution >= 0.6 is 0 Å². The summed E-state index contributed by atoms with van der Waals surface area (Å²) in [5.41, 5.74) is -0.0570. The van der Waals surface area contributed by atoms with E-state index in [0.717, 1.165) is 6.07 Å². The summed E-state index contributed by atoms with van der Waals surface area (Å²) in [4.78, 5) is 14.0. The van der Waals surface area contributed by atoms with Crippen molar-refractivity contribution in [1.29, 1.82) is 0 Å². The van der Waals surface area contributed by atoms with Gasteiger partial charge in [-0.15, -0.1) is 0 Å². The number of hydrogen-bond donors (Lipinski definition) is 1. The molecular formula is C9H9F2NO2. The van der Waals surface area contributed by atoms with E-state index in [0.29, 0.717) is 5.56 Å². The van der Waals surface area contributed by atoms with Gasteiger partial charge in [-0.2, -0.15) is 0 Å². The van der Waals surface area contributed by atoms with Crippen LogP contribution in [0.1, 0.15) is 30.5 Å². The lowest BCUT2D eigenvalue weighted by Gasteiger charge is -2.07. The molecule has 5 heteroatoms. The highest BCUT2D eigenvalue weighted by Crippen LogP contribution is 2.21. The number of aromatic nitrogens is 1. The molecule has 0 amide bonds. The first-order valence-electron chi connectivity index (χ1n) is 3.99. The molecular weight excluding hydrogens is 192 g/mol. The molecule has 1 atom stereocenters. The second kappa shape index (κ2) is 4.13. The monoisotopic (exact) mass is 201 g/mol. The van der Waals surface area contributed by atoms with E-state index in [1.54, 1.807) is 0 Å². The van der Waals surface area contributed by atoms with Gasteiger partial charge in [0.15, 0.2) is 0 Å². The smallest absolute Gasteiger partial charge is 0.310 e. The van der Waals surface area contributed by atoms with E-state index in [-0.39, 0.29) is 0 Å². The first kappa shape index (κ1) is 10.6. The minimum atomic E-state index is -2.67. The molecule has 1 aromatic heterocycles. The normalized spacial score (nSPS) is 12.9. The molecule has 0 aromatic carbocycles. The molecule has 76 valence electrons. The lowest BCUT2D eigenvalue weighted by Crippen LogP contribution is -2.08. The molecule has 0 aliphatic rings. The molecule has 0 spiro atoms. The van der Waals surface area contributed by atoms with Gasteiger partial charge in [-0.25, -0.2) is 8.78 Å². The molecule has 0 saturated heterocycles. The molecule has 1 rings (SSSR count). The first-order chi connectivity index (χ1) is 6.52. The third-order valence-electron chi connectivity index (χ3n) is 1.90. The fraction of sp³-hybridized carbons (Fsp3) is 0.333. The van der Waals surface area contributed by atoms with Gasteiger partial charge >= 0.3 is 5.97 Å². The standard InChI is InChI=1S/C9H9F2NO2/c1-5(9(13)14)6-2-3-12-7(4-6)8(10)11/h2-5,8H,1H3,(H,13,14). The van der Waals surface area contributed by atoms with Crippen LogP contribution in [0.3, 0.4) is 0 Å². The van der Waals surface area contributed by atoms with E-state index in [2.05, 4.69) is 4.98 Å². The molecule has 14 heavy (non-hydrogen) atoms. The molecule has 0 radical (unpaired) electrons. The zero-order valence-corrected chi connectivity index (χ0v) is 7.45. The summed E-state index contributed by atoms with van der Waals surface area (Å²) >= 11 is 0. The van der Waals surface area contributed by atoms with E-state index in [9.17, 15) is 13.6 Å². The number of hydrogen-bond acceptors (Lipinski definition) is 2. The second-order valence-corrected chi connectivity index (χ2v) is 2.87. The van der Waals surface area contributed by atoms with E-state index < -0.39 is 24.0 Å². The van der Waals surface area contributed by atoms with Crippen molar-refractivity contribution >= 4 is 5.97 Å². The van der Waals surface area contributed by atoms with Crippen LogP contribution in [0.15, 0.2) is 18.3 Å². The van der Waals surface area contributed by atoms with Crippen molar-refractivity contribution in [3.63, 3.8) is 0 Å². The summed E-state index contributed by atoms with van der Waals surface area (Å²) in [6, 6.07) is 2.54. The van der Waals surface area contributed by atoms with Gasteiger partial charge in [0.25, 0.3) is 6.43 Å². The Hall–Kier alpha value is -1.52. The Bertz CT molecular complexity index is 341. The zero-order chi connectivity index (χ0) is 10.7. The van der Waals surface area contributed by atoms with Gasteiger partial charge in [-0.05, 0) is 24.6 Å². The maximum Gasteiger partial charge on any atom is 0.310 e. The molecule has 1 unspecified atom stereocenters. The number of carboxylic acid groups (broad SMARTS) is 1. The van der Waals surface area contributed by atoms with Gasteiger partial charge in [0.2, 0.25) is 0 Å². The first-order valence-corrected chi connectivity index (χ1v) is 3.99. The van der Waals surface area contributed by atoms with Crippen molar-refractivity contribution in [1.82, 2.24) is 4.98 Å². The average Bonchev–Trinajstić information content (AvgIpc) is 2.16. The Labute approximate surface area is 79.4 Å². The van der Waals surface area contributed by atoms with Crippen LogP contribution in [0.25, 0.3) is 0 Å². The molecule has 1 aromatic rings. The Morgan fingerprint density at radius 2 is 2.21 bits per heavy atom. The third-order valence-corrected chi connectivity index (χ3v) is 1.90. The summed E-state index contributed by atoms with van der Waals surface area (Å²) in [6.07, 6.45) is -1.48. The number of carboxylic acids is 1. The van der Waals surface area contributed by atoms with Crippen LogP contribution < -0.4 is 0 Å². The summed E-state index contributed by atoms with van der Waals surface area (Å²) in [7, 11) is 0. The Morgan fingerprint density at radius 3 is 2.71 bits per heavy atom. The molecule has 0 fully saturated rings. The van der Waals surface area contributed by atoms with Gasteiger partial charge in [-0.3, -0.25) is 9.78 Å². The van der Waals surface area contributed by atoms with Crippen molar-refractivity contribution < 1.29 is 18.7 Å². The van der Waals surface area contributed by atoms with Crippen LogP contribution in [-0.2, 0) is 4.79 Å². The predicted molar refractivity (Wildman–Crippen MR) is 45.2 cm³/mol. The van der Waals surface area contributed by atoms with Crippen LogP contribution in [0.2, 0.25) is 0 Å². The highest BCUT2D eigenvalue weighted by molar-refractivity contribution is 5.75. The molecule has 1 heterocycles. The van der Waals surface area contributed by atoms with Crippen LogP contribution in [0, 0.1) is 0 Å². The second-order valence-electron chi connectivity index (χ2n) is 2.87. The summed E-state index contributed by atoms with van der Waals surface area (Å²) in [6.45, 7) is 1.44. The van der Waals surface area contributed by atoms with Gasteiger partial charge in [-0.1, -0.05) is 0 Å². The number of pyridine rings is 1. The highest BCUT2D eigenvalue weighted by Gasteiger charge is 2.16. The third kappa shape index (κ3) is 2.25. The number of nitrogens with zero attached hydrogens (tertiary/aromatic N) is 1. The predicted octanol–water partition coefficient (Wildman–Crippen LogP) is 2.21. The minimum absolute atomic E-state index is 0.336. The number of rotatable bonds is 3. The quantitative estimate of drug-likeness (QED) is 0.815. The highest BCUT2D eigenvalue weighted by atomic mass is 19.3. The molecule has 0 aliphatic carbocycles. The fourth-order valence-corrected chi connectivity index (χ4v) is 0.997. The van der Waals surface area contributed by atoms with Gasteiger partial charge < -0.3 is 5.11 Å². The van der Waals surface area contributed by atoms with Crippen molar-refractivity contribution in [3.8, 4) is 0 Å². The number of carbonyl (C=O) groups is 1. The lowest BCUT2D eigenvalue weighted by molar-refractivity contribution is -0.138. The number of halogens is 2. The molecule has 0 saturated carbocycles. The maximum absolute atomic E-state index is 12.2. The Morgan fingerprint density at radius 1 is 1.57 bits per heavy atom. The molecule has 0 bridgehead atoms. The minimum Gasteiger partial charge on any atom is -0.481 e. The van der Waals surface area contributed by atoms with Crippen molar-refractivity contribution in [2.45, 2.75) is 19.3 Å². The van der Waals surface area contributed by atoms with Crippen LogP contribution in [0.5, 0.6) is 0 Å². The van der Waals surface area contributed by atoms with E-state index in [1.165, 1.54) is 19.2 Å². The maximum atomic E-state index is 12.2. The number of alkyl halides is 2. The Kier molecular flexibility index (Phi) is 3.11. The van der Waals surface area contributed by atoms with Crippen molar-refractivity contribution in [3.05, 3.63) is 29.6 Å². The topological polar surface area (TPSA) is 50.2 Å². The van der Waals surface area contributed by atoms with Gasteiger partial charge in [0.05, 0.1) is 5.92 Å². The largest absolute Gasteiger partial charge is 0.481 e. The molecule has 1 N–H and O–H groups in total.